The van der Waals surface area contributed by atoms with Crippen LogP contribution in [-0.4, -0.2) is 23.8 Å². The molecule has 0 bridgehead atoms. The molecule has 2 atom stereocenters. The summed E-state index contributed by atoms with van der Waals surface area (Å²) in [5, 5.41) is 15.8. The summed E-state index contributed by atoms with van der Waals surface area (Å²) in [5.41, 5.74) is 0.589. The second-order valence-electron chi connectivity index (χ2n) is 4.93. The van der Waals surface area contributed by atoms with Gasteiger partial charge in [0, 0.05) is 12.5 Å². The van der Waals surface area contributed by atoms with Crippen molar-refractivity contribution in [1.82, 2.24) is 5.32 Å². The first-order chi connectivity index (χ1) is 9.16. The first-order valence-electron chi connectivity index (χ1n) is 6.64. The van der Waals surface area contributed by atoms with Crippen LogP contribution in [0.3, 0.4) is 0 Å². The molecule has 1 aliphatic rings. The van der Waals surface area contributed by atoms with Gasteiger partial charge in [-0.15, -0.1) is 0 Å². The number of halogens is 1. The molecule has 1 saturated carbocycles. The third-order valence-electron chi connectivity index (χ3n) is 3.52. The summed E-state index contributed by atoms with van der Waals surface area (Å²) < 4.78 is 0. The van der Waals surface area contributed by atoms with E-state index in [0.717, 1.165) is 25.7 Å². The lowest BCUT2D eigenvalue weighted by molar-refractivity contribution is 0.0712. The van der Waals surface area contributed by atoms with Gasteiger partial charge in [0.2, 0.25) is 0 Å². The zero-order chi connectivity index (χ0) is 13.7. The summed E-state index contributed by atoms with van der Waals surface area (Å²) in [6.07, 6.45) is 3.69. The SMILES string of the molecule is O=C(NCC1CCCCC1O)Nc1ccccc1Cl. The number of urea groups is 1. The number of carbonyl (C=O) groups excluding carboxylic acids is 1. The highest BCUT2D eigenvalue weighted by Gasteiger charge is 2.23. The zero-order valence-corrected chi connectivity index (χ0v) is 11.5. The molecule has 1 aromatic rings. The molecular formula is C14H19ClN2O2. The van der Waals surface area contributed by atoms with Gasteiger partial charge in [-0.05, 0) is 25.0 Å². The Hall–Kier alpha value is -1.26. The van der Waals surface area contributed by atoms with E-state index in [9.17, 15) is 9.90 Å². The molecule has 5 heteroatoms. The zero-order valence-electron chi connectivity index (χ0n) is 10.7. The molecular weight excluding hydrogens is 264 g/mol. The Kier molecular flexibility index (Phi) is 5.05. The predicted molar refractivity (Wildman–Crippen MR) is 76.4 cm³/mol. The van der Waals surface area contributed by atoms with Gasteiger partial charge in [-0.3, -0.25) is 0 Å². The molecule has 2 amide bonds. The van der Waals surface area contributed by atoms with Crippen molar-refractivity contribution >= 4 is 23.3 Å². The van der Waals surface area contributed by atoms with Crippen LogP contribution in [0.25, 0.3) is 0 Å². The minimum Gasteiger partial charge on any atom is -0.393 e. The maximum atomic E-state index is 11.8. The topological polar surface area (TPSA) is 61.4 Å². The van der Waals surface area contributed by atoms with Gasteiger partial charge in [0.15, 0.2) is 0 Å². The first-order valence-corrected chi connectivity index (χ1v) is 7.02. The van der Waals surface area contributed by atoms with Gasteiger partial charge >= 0.3 is 6.03 Å². The van der Waals surface area contributed by atoms with Crippen molar-refractivity contribution in [3.05, 3.63) is 29.3 Å². The molecule has 104 valence electrons. The molecule has 0 radical (unpaired) electrons. The summed E-state index contributed by atoms with van der Waals surface area (Å²) in [5.74, 6) is 0.158. The largest absolute Gasteiger partial charge is 0.393 e. The normalized spacial score (nSPS) is 22.8. The average molecular weight is 283 g/mol. The van der Waals surface area contributed by atoms with E-state index in [1.807, 2.05) is 12.1 Å². The molecule has 0 heterocycles. The first kappa shape index (κ1) is 14.2. The average Bonchev–Trinajstić information content (AvgIpc) is 2.40. The second-order valence-corrected chi connectivity index (χ2v) is 5.33. The summed E-state index contributed by atoms with van der Waals surface area (Å²) in [6, 6.07) is 6.81. The standard InChI is InChI=1S/C14H19ClN2O2/c15-11-6-2-3-7-12(11)17-14(19)16-9-10-5-1-4-8-13(10)18/h2-3,6-7,10,13,18H,1,4-5,8-9H2,(H2,16,17,19). The number of anilines is 1. The molecule has 0 saturated heterocycles. The third kappa shape index (κ3) is 4.11. The molecule has 4 nitrogen and oxygen atoms in total. The van der Waals surface area contributed by atoms with Crippen LogP contribution in [0.2, 0.25) is 5.02 Å². The molecule has 0 aliphatic heterocycles. The van der Waals surface area contributed by atoms with Crippen molar-refractivity contribution in [1.29, 1.82) is 0 Å². The number of aliphatic hydroxyl groups excluding tert-OH is 1. The van der Waals surface area contributed by atoms with Crippen LogP contribution in [0.1, 0.15) is 25.7 Å². The van der Waals surface area contributed by atoms with Gasteiger partial charge in [-0.25, -0.2) is 4.79 Å². The smallest absolute Gasteiger partial charge is 0.319 e. The lowest BCUT2D eigenvalue weighted by atomic mass is 9.86. The molecule has 0 spiro atoms. The van der Waals surface area contributed by atoms with E-state index in [1.54, 1.807) is 12.1 Å². The van der Waals surface area contributed by atoms with E-state index in [-0.39, 0.29) is 18.1 Å². The Morgan fingerprint density at radius 3 is 2.79 bits per heavy atom. The highest BCUT2D eigenvalue weighted by molar-refractivity contribution is 6.33. The number of rotatable bonds is 3. The lowest BCUT2D eigenvalue weighted by Gasteiger charge is -2.27. The maximum Gasteiger partial charge on any atom is 0.319 e. The van der Waals surface area contributed by atoms with Crippen LogP contribution in [-0.2, 0) is 0 Å². The molecule has 1 aromatic carbocycles. The van der Waals surface area contributed by atoms with Crippen molar-refractivity contribution < 1.29 is 9.90 Å². The number of amides is 2. The van der Waals surface area contributed by atoms with E-state index in [4.69, 9.17) is 11.6 Å². The predicted octanol–water partition coefficient (Wildman–Crippen LogP) is 3.01. The number of benzene rings is 1. The van der Waals surface area contributed by atoms with Crippen LogP contribution in [0, 0.1) is 5.92 Å². The fourth-order valence-electron chi connectivity index (χ4n) is 2.38. The number of aliphatic hydroxyl groups is 1. The molecule has 0 aromatic heterocycles. The Balaban J connectivity index is 1.80. The van der Waals surface area contributed by atoms with Crippen molar-refractivity contribution in [3.8, 4) is 0 Å². The van der Waals surface area contributed by atoms with Crippen molar-refractivity contribution in [3.63, 3.8) is 0 Å². The number of para-hydroxylation sites is 1. The summed E-state index contributed by atoms with van der Waals surface area (Å²) in [6.45, 7) is 0.497. The summed E-state index contributed by atoms with van der Waals surface area (Å²) >= 11 is 5.96. The van der Waals surface area contributed by atoms with Gasteiger partial charge in [-0.2, -0.15) is 0 Å². The van der Waals surface area contributed by atoms with Crippen LogP contribution in [0.4, 0.5) is 10.5 Å². The van der Waals surface area contributed by atoms with E-state index in [1.165, 1.54) is 0 Å². The number of nitrogens with one attached hydrogen (secondary N) is 2. The van der Waals surface area contributed by atoms with E-state index >= 15 is 0 Å². The Morgan fingerprint density at radius 2 is 2.05 bits per heavy atom. The minimum atomic E-state index is -0.297. The van der Waals surface area contributed by atoms with E-state index in [2.05, 4.69) is 10.6 Å². The fraction of sp³-hybridized carbons (Fsp3) is 0.500. The minimum absolute atomic E-state index is 0.158. The monoisotopic (exact) mass is 282 g/mol. The Morgan fingerprint density at radius 1 is 1.32 bits per heavy atom. The van der Waals surface area contributed by atoms with Crippen LogP contribution < -0.4 is 10.6 Å². The quantitative estimate of drug-likeness (QED) is 0.798. The fourth-order valence-corrected chi connectivity index (χ4v) is 2.56. The van der Waals surface area contributed by atoms with E-state index in [0.29, 0.717) is 17.3 Å². The maximum absolute atomic E-state index is 11.8. The molecule has 2 unspecified atom stereocenters. The summed E-state index contributed by atoms with van der Waals surface area (Å²) in [4.78, 5) is 11.8. The van der Waals surface area contributed by atoms with Gasteiger partial charge in [-0.1, -0.05) is 36.6 Å². The van der Waals surface area contributed by atoms with E-state index < -0.39 is 0 Å². The molecule has 1 fully saturated rings. The van der Waals surface area contributed by atoms with Gasteiger partial charge in [0.25, 0.3) is 0 Å². The molecule has 2 rings (SSSR count). The molecule has 3 N–H and O–H groups in total. The van der Waals surface area contributed by atoms with Crippen LogP contribution in [0.5, 0.6) is 0 Å². The van der Waals surface area contributed by atoms with Gasteiger partial charge in [0.1, 0.15) is 0 Å². The molecule has 1 aliphatic carbocycles. The Labute approximate surface area is 118 Å². The van der Waals surface area contributed by atoms with Crippen molar-refractivity contribution in [2.24, 2.45) is 5.92 Å². The number of hydrogen-bond acceptors (Lipinski definition) is 2. The van der Waals surface area contributed by atoms with Crippen molar-refractivity contribution in [2.45, 2.75) is 31.8 Å². The highest BCUT2D eigenvalue weighted by atomic mass is 35.5. The highest BCUT2D eigenvalue weighted by Crippen LogP contribution is 2.24. The van der Waals surface area contributed by atoms with Crippen molar-refractivity contribution in [2.75, 3.05) is 11.9 Å². The number of carbonyl (C=O) groups is 1. The lowest BCUT2D eigenvalue weighted by Crippen LogP contribution is -2.38. The van der Waals surface area contributed by atoms with Crippen LogP contribution in [0.15, 0.2) is 24.3 Å². The van der Waals surface area contributed by atoms with Gasteiger partial charge in [0.05, 0.1) is 16.8 Å². The number of hydrogen-bond donors (Lipinski definition) is 3. The summed E-state index contributed by atoms with van der Waals surface area (Å²) in [7, 11) is 0. The van der Waals surface area contributed by atoms with Gasteiger partial charge < -0.3 is 15.7 Å². The Bertz CT molecular complexity index is 439. The molecule has 19 heavy (non-hydrogen) atoms. The van der Waals surface area contributed by atoms with Crippen LogP contribution >= 0.6 is 11.6 Å². The third-order valence-corrected chi connectivity index (χ3v) is 3.85. The second kappa shape index (κ2) is 6.78.